The second-order valence-electron chi connectivity index (χ2n) is 3.47. The van der Waals surface area contributed by atoms with Crippen molar-refractivity contribution in [1.29, 1.82) is 0 Å². The van der Waals surface area contributed by atoms with Crippen molar-refractivity contribution >= 4 is 33.1 Å². The van der Waals surface area contributed by atoms with E-state index in [1.54, 1.807) is 7.11 Å². The molecule has 0 radical (unpaired) electrons. The highest BCUT2D eigenvalue weighted by atomic mass is 79.9. The number of allylic oxidation sites excluding steroid dienone is 1. The van der Waals surface area contributed by atoms with Gasteiger partial charge in [0.2, 0.25) is 0 Å². The molecule has 3 heteroatoms. The number of benzene rings is 1. The van der Waals surface area contributed by atoms with Crippen LogP contribution in [0.25, 0.3) is 5.57 Å². The number of alkyl halides is 1. The van der Waals surface area contributed by atoms with Crippen LogP contribution in [0.2, 0.25) is 5.02 Å². The zero-order chi connectivity index (χ0) is 11.6. The Morgan fingerprint density at radius 3 is 2.60 bits per heavy atom. The molecule has 0 aliphatic carbocycles. The van der Waals surface area contributed by atoms with Gasteiger partial charge in [0.25, 0.3) is 0 Å². The number of hydrogen-bond donors (Lipinski definition) is 0. The maximum atomic E-state index is 6.24. The Balaban J connectivity index is 3.51. The number of hydrogen-bond acceptors (Lipinski definition) is 1. The lowest BCUT2D eigenvalue weighted by Gasteiger charge is -2.15. The van der Waals surface area contributed by atoms with Gasteiger partial charge in [-0.25, -0.2) is 0 Å². The summed E-state index contributed by atoms with van der Waals surface area (Å²) in [6.07, 6.45) is 0. The van der Waals surface area contributed by atoms with E-state index in [0.717, 1.165) is 38.4 Å². The average Bonchev–Trinajstić information content (AvgIpc) is 2.20. The van der Waals surface area contributed by atoms with Gasteiger partial charge in [0.15, 0.2) is 0 Å². The van der Waals surface area contributed by atoms with Crippen molar-refractivity contribution in [2.75, 3.05) is 7.11 Å². The van der Waals surface area contributed by atoms with Crippen molar-refractivity contribution in [3.8, 4) is 5.75 Å². The second kappa shape index (κ2) is 5.04. The molecule has 82 valence electrons. The normalized spacial score (nSPS) is 10.2. The number of halogens is 2. The SMILES string of the molecule is C=C(C)c1c(OC)cc(CBr)c(Cl)c1C. The first-order valence-corrected chi connectivity index (χ1v) is 6.10. The minimum absolute atomic E-state index is 0.722. The van der Waals surface area contributed by atoms with E-state index in [0.29, 0.717) is 0 Å². The van der Waals surface area contributed by atoms with Gasteiger partial charge in [-0.3, -0.25) is 0 Å². The van der Waals surface area contributed by atoms with Crippen molar-refractivity contribution in [2.24, 2.45) is 0 Å². The molecule has 1 aromatic carbocycles. The predicted molar refractivity (Wildman–Crippen MR) is 70.1 cm³/mol. The Bertz CT molecular complexity index is 399. The van der Waals surface area contributed by atoms with Gasteiger partial charge in [0, 0.05) is 15.9 Å². The summed E-state index contributed by atoms with van der Waals surface area (Å²) in [5, 5.41) is 1.50. The first kappa shape index (κ1) is 12.6. The van der Waals surface area contributed by atoms with Crippen molar-refractivity contribution in [3.05, 3.63) is 34.4 Å². The quantitative estimate of drug-likeness (QED) is 0.740. The van der Waals surface area contributed by atoms with E-state index in [4.69, 9.17) is 16.3 Å². The highest BCUT2D eigenvalue weighted by molar-refractivity contribution is 9.08. The maximum absolute atomic E-state index is 6.24. The van der Waals surface area contributed by atoms with Gasteiger partial charge in [-0.2, -0.15) is 0 Å². The summed E-state index contributed by atoms with van der Waals surface area (Å²) in [6, 6.07) is 1.95. The van der Waals surface area contributed by atoms with E-state index in [1.165, 1.54) is 0 Å². The molecule has 0 bridgehead atoms. The van der Waals surface area contributed by atoms with E-state index in [-0.39, 0.29) is 0 Å². The van der Waals surface area contributed by atoms with Crippen molar-refractivity contribution < 1.29 is 4.74 Å². The van der Waals surface area contributed by atoms with Gasteiger partial charge in [0.1, 0.15) is 5.75 Å². The summed E-state index contributed by atoms with van der Waals surface area (Å²) >= 11 is 9.65. The van der Waals surface area contributed by atoms with Crippen molar-refractivity contribution in [1.82, 2.24) is 0 Å². The summed E-state index contributed by atoms with van der Waals surface area (Å²) in [6.45, 7) is 7.88. The second-order valence-corrected chi connectivity index (χ2v) is 4.40. The molecule has 0 fully saturated rings. The minimum atomic E-state index is 0.722. The van der Waals surface area contributed by atoms with Crippen LogP contribution < -0.4 is 4.74 Å². The lowest BCUT2D eigenvalue weighted by molar-refractivity contribution is 0.413. The molecule has 15 heavy (non-hydrogen) atoms. The summed E-state index contributed by atoms with van der Waals surface area (Å²) in [4.78, 5) is 0. The molecule has 0 spiro atoms. The molecule has 0 saturated carbocycles. The molecule has 0 aromatic heterocycles. The summed E-state index contributed by atoms with van der Waals surface area (Å²) in [7, 11) is 1.66. The van der Waals surface area contributed by atoms with Gasteiger partial charge < -0.3 is 4.74 Å². The van der Waals surface area contributed by atoms with Crippen LogP contribution in [-0.2, 0) is 5.33 Å². The van der Waals surface area contributed by atoms with Gasteiger partial charge in [-0.1, -0.05) is 34.1 Å². The first-order chi connectivity index (χ1) is 7.02. The van der Waals surface area contributed by atoms with Gasteiger partial charge in [-0.15, -0.1) is 0 Å². The lowest BCUT2D eigenvalue weighted by Crippen LogP contribution is -1.97. The standard InChI is InChI=1S/C12H14BrClO/c1-7(2)11-8(3)12(14)9(6-13)5-10(11)15-4/h5H,1,6H2,2-4H3. The van der Waals surface area contributed by atoms with Crippen LogP contribution in [0.15, 0.2) is 12.6 Å². The fraction of sp³-hybridized carbons (Fsp3) is 0.333. The van der Waals surface area contributed by atoms with Crippen LogP contribution >= 0.6 is 27.5 Å². The number of methoxy groups -OCH3 is 1. The summed E-state index contributed by atoms with van der Waals surface area (Å²) < 4.78 is 5.34. The highest BCUT2D eigenvalue weighted by Crippen LogP contribution is 2.36. The molecule has 1 rings (SSSR count). The molecule has 0 N–H and O–H groups in total. The fourth-order valence-corrected chi connectivity index (χ4v) is 2.44. The number of ether oxygens (including phenoxy) is 1. The molecule has 1 aromatic rings. The van der Waals surface area contributed by atoms with Crippen molar-refractivity contribution in [3.63, 3.8) is 0 Å². The summed E-state index contributed by atoms with van der Waals surface area (Å²) in [5.41, 5.74) is 4.04. The van der Waals surface area contributed by atoms with E-state index < -0.39 is 0 Å². The molecule has 0 aliphatic heterocycles. The Morgan fingerprint density at radius 1 is 1.60 bits per heavy atom. The predicted octanol–water partition coefficient (Wildman–Crippen LogP) is 4.59. The first-order valence-electron chi connectivity index (χ1n) is 4.60. The molecule has 1 nitrogen and oxygen atoms in total. The minimum Gasteiger partial charge on any atom is -0.496 e. The third-order valence-electron chi connectivity index (χ3n) is 2.33. The van der Waals surface area contributed by atoms with E-state index in [9.17, 15) is 0 Å². The van der Waals surface area contributed by atoms with Gasteiger partial charge in [-0.05, 0) is 36.6 Å². The van der Waals surface area contributed by atoms with Crippen molar-refractivity contribution in [2.45, 2.75) is 19.2 Å². The number of rotatable bonds is 3. The monoisotopic (exact) mass is 288 g/mol. The topological polar surface area (TPSA) is 9.23 Å². The third kappa shape index (κ3) is 2.37. The Kier molecular flexibility index (Phi) is 4.23. The molecule has 0 unspecified atom stereocenters. The molecular weight excluding hydrogens is 275 g/mol. The Morgan fingerprint density at radius 2 is 2.20 bits per heavy atom. The van der Waals surface area contributed by atoms with E-state index >= 15 is 0 Å². The molecule has 0 saturated heterocycles. The van der Waals surface area contributed by atoms with E-state index in [1.807, 2.05) is 19.9 Å². The molecule has 0 heterocycles. The van der Waals surface area contributed by atoms with Crippen LogP contribution in [0, 0.1) is 6.92 Å². The lowest BCUT2D eigenvalue weighted by atomic mass is 9.99. The van der Waals surface area contributed by atoms with Crippen LogP contribution in [0.1, 0.15) is 23.6 Å². The zero-order valence-corrected chi connectivity index (χ0v) is 11.5. The third-order valence-corrected chi connectivity index (χ3v) is 3.46. The van der Waals surface area contributed by atoms with Gasteiger partial charge in [0.05, 0.1) is 7.11 Å². The zero-order valence-electron chi connectivity index (χ0n) is 9.16. The largest absolute Gasteiger partial charge is 0.496 e. The Hall–Kier alpha value is -0.470. The van der Waals surface area contributed by atoms with Gasteiger partial charge >= 0.3 is 0 Å². The molecule has 0 aliphatic rings. The van der Waals surface area contributed by atoms with Crippen LogP contribution in [0.3, 0.4) is 0 Å². The molecule has 0 atom stereocenters. The smallest absolute Gasteiger partial charge is 0.127 e. The van der Waals surface area contributed by atoms with Crippen LogP contribution in [0.4, 0.5) is 0 Å². The Labute approximate surface area is 104 Å². The fourth-order valence-electron chi connectivity index (χ4n) is 1.62. The highest BCUT2D eigenvalue weighted by Gasteiger charge is 2.14. The average molecular weight is 290 g/mol. The van der Waals surface area contributed by atoms with Crippen LogP contribution in [-0.4, -0.2) is 7.11 Å². The molecular formula is C12H14BrClO. The maximum Gasteiger partial charge on any atom is 0.127 e. The van der Waals surface area contributed by atoms with E-state index in [2.05, 4.69) is 22.5 Å². The molecule has 0 amide bonds. The van der Waals surface area contributed by atoms with Crippen LogP contribution in [0.5, 0.6) is 5.75 Å². The summed E-state index contributed by atoms with van der Waals surface area (Å²) in [5.74, 6) is 0.832.